The van der Waals surface area contributed by atoms with Crippen LogP contribution in [0.2, 0.25) is 0 Å². The van der Waals surface area contributed by atoms with E-state index in [4.69, 9.17) is 83.7 Å². The van der Waals surface area contributed by atoms with E-state index in [-0.39, 0.29) is 17.2 Å². The largest absolute Gasteiger partial charge is 0.872 e. The Morgan fingerprint density at radius 3 is 0.515 bits per heavy atom. The van der Waals surface area contributed by atoms with Crippen LogP contribution in [0.3, 0.4) is 0 Å². The van der Waals surface area contributed by atoms with Crippen LogP contribution in [-0.4, -0.2) is 0 Å². The van der Waals surface area contributed by atoms with E-state index >= 15 is 0 Å². The first-order valence-corrected chi connectivity index (χ1v) is 27.4. The Labute approximate surface area is 247 Å². The zero-order chi connectivity index (χ0) is 26.1. The zero-order valence-corrected chi connectivity index (χ0v) is 27.8. The van der Waals surface area contributed by atoms with Crippen LogP contribution in [0.15, 0.2) is 91.0 Å². The van der Waals surface area contributed by atoms with Crippen molar-refractivity contribution in [3.05, 3.63) is 91.0 Å². The second-order valence-electron chi connectivity index (χ2n) is 4.58. The SMILES string of the molecule is [Cl][Ti+]([Cl])[Cl].[Cl][Ti+]([Cl])[Cl].[Cl][Ti+]([Cl])[Cl].[O-]c1ccccc1.[O-]c1ccccc1.[O-]c1ccccc1. The third-order valence-electron chi connectivity index (χ3n) is 2.23. The van der Waals surface area contributed by atoms with E-state index in [2.05, 4.69) is 0 Å². The normalized spacial score (nSPS) is 7.91. The molecule has 0 atom stereocenters. The number of halogens is 9. The molecule has 3 aromatic rings. The number of para-hydroxylation sites is 3. The quantitative estimate of drug-likeness (QED) is 0.217. The summed E-state index contributed by atoms with van der Waals surface area (Å²) in [7, 11) is 44.7. The molecular weight excluding hydrogens is 727 g/mol. The first-order valence-electron chi connectivity index (χ1n) is 8.05. The van der Waals surface area contributed by atoms with Crippen molar-refractivity contribution in [3.8, 4) is 17.2 Å². The monoisotopic (exact) mass is 738 g/mol. The molecule has 0 unspecified atom stereocenters. The topological polar surface area (TPSA) is 69.2 Å². The molecule has 180 valence electrons. The number of hydrogen-bond donors (Lipinski definition) is 0. The van der Waals surface area contributed by atoms with Gasteiger partial charge in [-0.1, -0.05) is 91.0 Å². The summed E-state index contributed by atoms with van der Waals surface area (Å²) < 4.78 is 0. The fraction of sp³-hybridized carbons (Fsp3) is 0. The van der Waals surface area contributed by atoms with E-state index in [0.717, 1.165) is 0 Å². The van der Waals surface area contributed by atoms with Gasteiger partial charge in [0.25, 0.3) is 0 Å². The van der Waals surface area contributed by atoms with Gasteiger partial charge >= 0.3 is 128 Å². The van der Waals surface area contributed by atoms with Crippen molar-refractivity contribution in [3.63, 3.8) is 0 Å². The Hall–Kier alpha value is 1.81. The van der Waals surface area contributed by atoms with Crippen molar-refractivity contribution < 1.29 is 59.4 Å². The number of rotatable bonds is 0. The fourth-order valence-electron chi connectivity index (χ4n) is 1.26. The second-order valence-corrected chi connectivity index (χ2v) is 27.8. The molecule has 0 N–H and O–H groups in total. The average molecular weight is 742 g/mol. The number of benzene rings is 3. The number of hydrogen-bond acceptors (Lipinski definition) is 3. The maximum atomic E-state index is 10.3. The van der Waals surface area contributed by atoms with Crippen molar-refractivity contribution in [2.45, 2.75) is 0 Å². The molecule has 3 rings (SSSR count). The molecule has 0 aliphatic rings. The van der Waals surface area contributed by atoms with Gasteiger partial charge in [-0.3, -0.25) is 0 Å². The molecule has 0 spiro atoms. The maximum Gasteiger partial charge on any atom is -0.0623 e. The van der Waals surface area contributed by atoms with Gasteiger partial charge < -0.3 is 15.3 Å². The molecule has 33 heavy (non-hydrogen) atoms. The van der Waals surface area contributed by atoms with Crippen LogP contribution in [0.25, 0.3) is 0 Å². The zero-order valence-electron chi connectivity index (χ0n) is 16.3. The minimum absolute atomic E-state index is 0.0718. The van der Waals surface area contributed by atoms with Crippen molar-refractivity contribution in [2.75, 3.05) is 0 Å². The first-order chi connectivity index (χ1) is 15.4. The molecule has 0 aliphatic carbocycles. The van der Waals surface area contributed by atoms with Gasteiger partial charge in [-0.15, -0.1) is 17.2 Å². The van der Waals surface area contributed by atoms with Gasteiger partial charge in [0.05, 0.1) is 0 Å². The van der Waals surface area contributed by atoms with Crippen LogP contribution in [0, 0.1) is 0 Å². The molecular formula is C18H15Cl9O3Ti3. The predicted molar refractivity (Wildman–Crippen MR) is 130 cm³/mol. The summed E-state index contributed by atoms with van der Waals surface area (Å²) in [4.78, 5) is 0. The molecule has 3 nitrogen and oxygen atoms in total. The van der Waals surface area contributed by atoms with E-state index in [1.807, 2.05) is 18.2 Å². The molecule has 0 saturated heterocycles. The van der Waals surface area contributed by atoms with E-state index in [1.54, 1.807) is 36.4 Å². The van der Waals surface area contributed by atoms with Crippen LogP contribution >= 0.6 is 83.7 Å². The predicted octanol–water partition coefficient (Wildman–Crippen LogP) is 8.48. The van der Waals surface area contributed by atoms with Gasteiger partial charge in [0, 0.05) is 0 Å². The summed E-state index contributed by atoms with van der Waals surface area (Å²) >= 11 is -5.75. The van der Waals surface area contributed by atoms with Gasteiger partial charge in [0.1, 0.15) is 0 Å². The summed E-state index contributed by atoms with van der Waals surface area (Å²) in [6, 6.07) is 25.0. The molecule has 0 radical (unpaired) electrons. The molecule has 0 saturated carbocycles. The van der Waals surface area contributed by atoms with E-state index in [0.29, 0.717) is 0 Å². The first kappa shape index (κ1) is 39.3. The Bertz CT molecular complexity index is 636. The van der Waals surface area contributed by atoms with Crippen LogP contribution in [0.4, 0.5) is 0 Å². The second kappa shape index (κ2) is 30.0. The summed E-state index contributed by atoms with van der Waals surface area (Å²) in [6.45, 7) is 0. The third-order valence-corrected chi connectivity index (χ3v) is 2.23. The molecule has 0 heterocycles. The molecule has 0 aliphatic heterocycles. The smallest absolute Gasteiger partial charge is 0.0623 e. The minimum Gasteiger partial charge on any atom is -0.872 e. The Balaban J connectivity index is -0.000000335. The van der Waals surface area contributed by atoms with Crippen LogP contribution in [0.5, 0.6) is 17.2 Å². The van der Waals surface area contributed by atoms with Gasteiger partial charge in [0.2, 0.25) is 0 Å². The average Bonchev–Trinajstić information content (AvgIpc) is 2.69. The van der Waals surface area contributed by atoms with Gasteiger partial charge in [-0.25, -0.2) is 0 Å². The summed E-state index contributed by atoms with van der Waals surface area (Å²) in [5, 5.41) is 30.8. The molecule has 15 heteroatoms. The molecule has 0 amide bonds. The van der Waals surface area contributed by atoms with Gasteiger partial charge in [-0.05, 0) is 0 Å². The van der Waals surface area contributed by atoms with Crippen LogP contribution < -0.4 is 15.3 Å². The Morgan fingerprint density at radius 2 is 0.455 bits per heavy atom. The summed E-state index contributed by atoms with van der Waals surface area (Å²) in [5.41, 5.74) is 0. The van der Waals surface area contributed by atoms with Gasteiger partial charge in [-0.2, -0.15) is 0 Å². The van der Waals surface area contributed by atoms with E-state index in [9.17, 15) is 15.3 Å². The molecule has 0 aromatic heterocycles. The molecule has 0 fully saturated rings. The van der Waals surface area contributed by atoms with Crippen molar-refractivity contribution in [2.24, 2.45) is 0 Å². The van der Waals surface area contributed by atoms with E-state index in [1.165, 1.54) is 36.4 Å². The molecule has 0 bridgehead atoms. The van der Waals surface area contributed by atoms with Crippen molar-refractivity contribution in [1.29, 1.82) is 0 Å². The van der Waals surface area contributed by atoms with E-state index < -0.39 is 44.1 Å². The standard InChI is InChI=1S/3C6H6O.9ClH.3Ti/c3*7-6-4-2-1-3-5-6;;;;;;;;;;;;/h3*1-5,7H;9*1H;;;/q;;;;;;;;;;;;3*+4/p-12. The van der Waals surface area contributed by atoms with Crippen LogP contribution in [0.1, 0.15) is 0 Å². The fourth-order valence-corrected chi connectivity index (χ4v) is 1.26. The summed E-state index contributed by atoms with van der Waals surface area (Å²) in [5.74, 6) is 0.215. The van der Waals surface area contributed by atoms with Crippen LogP contribution in [-0.2, 0) is 44.1 Å². The Morgan fingerprint density at radius 1 is 0.333 bits per heavy atom. The third kappa shape index (κ3) is 51.4. The molecule has 3 aromatic carbocycles. The summed E-state index contributed by atoms with van der Waals surface area (Å²) in [6.07, 6.45) is 0. The van der Waals surface area contributed by atoms with Gasteiger partial charge in [0.15, 0.2) is 0 Å². The van der Waals surface area contributed by atoms with Crippen molar-refractivity contribution >= 4 is 83.7 Å². The van der Waals surface area contributed by atoms with Crippen molar-refractivity contribution in [1.82, 2.24) is 0 Å². The Kier molecular flexibility index (Phi) is 35.8. The maximum absolute atomic E-state index is 10.3. The minimum atomic E-state index is -1.92.